The number of rotatable bonds is 3. The molecule has 0 bridgehead atoms. The Labute approximate surface area is 105 Å². The van der Waals surface area contributed by atoms with E-state index < -0.39 is 28.9 Å². The lowest BCUT2D eigenvalue weighted by atomic mass is 10.0. The number of Topliss-reactive ketones (excluding diaryl/α,β-unsaturated/α-hetero) is 1. The molecule has 0 atom stereocenters. The van der Waals surface area contributed by atoms with Gasteiger partial charge in [-0.25, -0.2) is 9.37 Å². The minimum Gasteiger partial charge on any atom is -0.348 e. The van der Waals surface area contributed by atoms with Crippen molar-refractivity contribution in [3.8, 4) is 0 Å². The molecule has 7 heteroatoms. The quantitative estimate of drug-likeness (QED) is 0.689. The van der Waals surface area contributed by atoms with Crippen molar-refractivity contribution in [2.24, 2.45) is 0 Å². The Bertz CT molecular complexity index is 590. The number of hydrogen-bond donors (Lipinski definition) is 1. The first kappa shape index (κ1) is 13.3. The summed E-state index contributed by atoms with van der Waals surface area (Å²) in [6.07, 6.45) is -2.05. The van der Waals surface area contributed by atoms with E-state index in [1.807, 2.05) is 0 Å². The number of nitrogens with one attached hydrogen (secondary N) is 1. The summed E-state index contributed by atoms with van der Waals surface area (Å²) in [6, 6.07) is 1.75. The van der Waals surface area contributed by atoms with E-state index in [1.54, 1.807) is 0 Å². The zero-order valence-corrected chi connectivity index (χ0v) is 9.46. The predicted molar refractivity (Wildman–Crippen MR) is 58.0 cm³/mol. The maximum Gasteiger partial charge on any atom is 0.416 e. The van der Waals surface area contributed by atoms with Crippen LogP contribution in [0, 0.1) is 5.82 Å². The zero-order valence-electron chi connectivity index (χ0n) is 9.46. The molecule has 1 aromatic heterocycles. The normalized spacial score (nSPS) is 11.6. The Kier molecular flexibility index (Phi) is 3.37. The largest absolute Gasteiger partial charge is 0.416 e. The molecule has 1 N–H and O–H groups in total. The van der Waals surface area contributed by atoms with Crippen LogP contribution in [0.4, 0.5) is 17.6 Å². The second kappa shape index (κ2) is 4.83. The van der Waals surface area contributed by atoms with Crippen molar-refractivity contribution >= 4 is 5.78 Å². The monoisotopic (exact) mass is 272 g/mol. The maximum atomic E-state index is 13.4. The number of imidazole rings is 1. The number of H-pyrrole nitrogens is 1. The number of carbonyl (C=O) groups excluding carboxylic acids is 1. The molecule has 2 aromatic rings. The first-order valence-electron chi connectivity index (χ1n) is 5.26. The Morgan fingerprint density at radius 3 is 2.63 bits per heavy atom. The number of halogens is 4. The lowest BCUT2D eigenvalue weighted by molar-refractivity contribution is -0.137. The van der Waals surface area contributed by atoms with Crippen LogP contribution in [-0.2, 0) is 12.6 Å². The van der Waals surface area contributed by atoms with Gasteiger partial charge in [0, 0.05) is 12.4 Å². The van der Waals surface area contributed by atoms with Crippen LogP contribution in [-0.4, -0.2) is 15.8 Å². The minimum absolute atomic E-state index is 0.266. The van der Waals surface area contributed by atoms with E-state index in [0.29, 0.717) is 18.2 Å². The van der Waals surface area contributed by atoms with E-state index in [4.69, 9.17) is 0 Å². The lowest BCUT2D eigenvalue weighted by Gasteiger charge is -2.08. The maximum absolute atomic E-state index is 13.4. The number of ketones is 1. The number of aromatic nitrogens is 2. The van der Waals surface area contributed by atoms with E-state index >= 15 is 0 Å². The Hall–Kier alpha value is -2.18. The molecule has 0 aliphatic carbocycles. The summed E-state index contributed by atoms with van der Waals surface area (Å²) in [6.45, 7) is 0. The third-order valence-corrected chi connectivity index (χ3v) is 2.48. The van der Waals surface area contributed by atoms with Gasteiger partial charge in [0.2, 0.25) is 0 Å². The third-order valence-electron chi connectivity index (χ3n) is 2.48. The van der Waals surface area contributed by atoms with Crippen LogP contribution in [0.2, 0.25) is 0 Å². The summed E-state index contributed by atoms with van der Waals surface area (Å²) in [7, 11) is 0. The molecule has 0 spiro atoms. The average Bonchev–Trinajstić information content (AvgIpc) is 2.80. The topological polar surface area (TPSA) is 45.8 Å². The van der Waals surface area contributed by atoms with Gasteiger partial charge in [-0.15, -0.1) is 0 Å². The van der Waals surface area contributed by atoms with Crippen molar-refractivity contribution in [2.75, 3.05) is 0 Å². The van der Waals surface area contributed by atoms with Crippen molar-refractivity contribution in [1.29, 1.82) is 0 Å². The van der Waals surface area contributed by atoms with Crippen LogP contribution in [0.5, 0.6) is 0 Å². The fourth-order valence-corrected chi connectivity index (χ4v) is 1.56. The number of hydrogen-bond acceptors (Lipinski definition) is 2. The molecule has 0 fully saturated rings. The molecule has 0 amide bonds. The molecule has 1 aromatic carbocycles. The van der Waals surface area contributed by atoms with E-state index in [0.717, 1.165) is 0 Å². The number of benzene rings is 1. The van der Waals surface area contributed by atoms with E-state index in [-0.39, 0.29) is 12.2 Å². The second-order valence-electron chi connectivity index (χ2n) is 3.83. The van der Waals surface area contributed by atoms with Gasteiger partial charge in [-0.2, -0.15) is 13.2 Å². The summed E-state index contributed by atoms with van der Waals surface area (Å²) in [4.78, 5) is 18.1. The van der Waals surface area contributed by atoms with Gasteiger partial charge in [0.1, 0.15) is 11.6 Å². The first-order valence-corrected chi connectivity index (χ1v) is 5.26. The molecule has 19 heavy (non-hydrogen) atoms. The van der Waals surface area contributed by atoms with Gasteiger partial charge in [-0.3, -0.25) is 4.79 Å². The van der Waals surface area contributed by atoms with Crippen LogP contribution in [0.1, 0.15) is 21.7 Å². The lowest BCUT2D eigenvalue weighted by Crippen LogP contribution is -2.11. The number of aromatic amines is 1. The van der Waals surface area contributed by atoms with Crippen molar-refractivity contribution in [1.82, 2.24) is 9.97 Å². The molecular formula is C12H8F4N2O. The first-order chi connectivity index (χ1) is 8.88. The van der Waals surface area contributed by atoms with Crippen LogP contribution < -0.4 is 0 Å². The third kappa shape index (κ3) is 2.98. The summed E-state index contributed by atoms with van der Waals surface area (Å²) in [5, 5.41) is 0. The van der Waals surface area contributed by atoms with E-state index in [1.165, 1.54) is 12.4 Å². The van der Waals surface area contributed by atoms with Crippen molar-refractivity contribution in [2.45, 2.75) is 12.6 Å². The van der Waals surface area contributed by atoms with Gasteiger partial charge in [0.25, 0.3) is 0 Å². The Morgan fingerprint density at radius 1 is 1.32 bits per heavy atom. The highest BCUT2D eigenvalue weighted by Crippen LogP contribution is 2.30. The highest BCUT2D eigenvalue weighted by atomic mass is 19.4. The Morgan fingerprint density at radius 2 is 2.05 bits per heavy atom. The highest BCUT2D eigenvalue weighted by molar-refractivity contribution is 5.97. The van der Waals surface area contributed by atoms with Crippen LogP contribution in [0.15, 0.2) is 30.6 Å². The molecule has 1 heterocycles. The summed E-state index contributed by atoms with van der Waals surface area (Å²) in [5.41, 5.74) is -1.65. The number of carbonyl (C=O) groups is 1. The standard InChI is InChI=1S/C12H8F4N2O/c13-9-2-1-7(12(14,15)16)5-8(9)10(19)6-11-17-3-4-18-11/h1-5H,6H2,(H,17,18). The van der Waals surface area contributed by atoms with Crippen molar-refractivity contribution in [3.63, 3.8) is 0 Å². The van der Waals surface area contributed by atoms with Crippen molar-refractivity contribution in [3.05, 3.63) is 53.4 Å². The summed E-state index contributed by atoms with van der Waals surface area (Å²) < 4.78 is 50.9. The van der Waals surface area contributed by atoms with Crippen LogP contribution in [0.25, 0.3) is 0 Å². The van der Waals surface area contributed by atoms with E-state index in [2.05, 4.69) is 9.97 Å². The predicted octanol–water partition coefficient (Wildman–Crippen LogP) is 2.99. The second-order valence-corrected chi connectivity index (χ2v) is 3.83. The smallest absolute Gasteiger partial charge is 0.348 e. The van der Waals surface area contributed by atoms with Crippen LogP contribution >= 0.6 is 0 Å². The molecule has 3 nitrogen and oxygen atoms in total. The zero-order chi connectivity index (χ0) is 14.0. The highest BCUT2D eigenvalue weighted by Gasteiger charge is 2.31. The number of alkyl halides is 3. The average molecular weight is 272 g/mol. The molecule has 0 aliphatic rings. The fraction of sp³-hybridized carbons (Fsp3) is 0.167. The minimum atomic E-state index is -4.62. The van der Waals surface area contributed by atoms with Crippen LogP contribution in [0.3, 0.4) is 0 Å². The van der Waals surface area contributed by atoms with Gasteiger partial charge in [0.15, 0.2) is 5.78 Å². The van der Waals surface area contributed by atoms with Gasteiger partial charge < -0.3 is 4.98 Å². The molecule has 0 unspecified atom stereocenters. The molecule has 100 valence electrons. The van der Waals surface area contributed by atoms with Gasteiger partial charge >= 0.3 is 6.18 Å². The molecular weight excluding hydrogens is 264 g/mol. The Balaban J connectivity index is 2.31. The summed E-state index contributed by atoms with van der Waals surface area (Å²) in [5.74, 6) is -1.48. The molecule has 0 saturated heterocycles. The molecule has 0 saturated carbocycles. The molecule has 0 aliphatic heterocycles. The molecule has 0 radical (unpaired) electrons. The fourth-order valence-electron chi connectivity index (χ4n) is 1.56. The van der Waals surface area contributed by atoms with Gasteiger partial charge in [-0.05, 0) is 18.2 Å². The van der Waals surface area contributed by atoms with Crippen molar-refractivity contribution < 1.29 is 22.4 Å². The van der Waals surface area contributed by atoms with Gasteiger partial charge in [-0.1, -0.05) is 0 Å². The van der Waals surface area contributed by atoms with E-state index in [9.17, 15) is 22.4 Å². The summed E-state index contributed by atoms with van der Waals surface area (Å²) >= 11 is 0. The molecule has 2 rings (SSSR count). The number of nitrogens with zero attached hydrogens (tertiary/aromatic N) is 1. The van der Waals surface area contributed by atoms with Gasteiger partial charge in [0.05, 0.1) is 17.5 Å². The SMILES string of the molecule is O=C(Cc1ncc[nH]1)c1cc(C(F)(F)F)ccc1F.